The van der Waals surface area contributed by atoms with Gasteiger partial charge in [0.15, 0.2) is 4.87 Å². The van der Waals surface area contributed by atoms with Gasteiger partial charge in [0.1, 0.15) is 26.9 Å². The Bertz CT molecular complexity index is 1590. The summed E-state index contributed by atoms with van der Waals surface area (Å²) in [5.41, 5.74) is 0.0406. The van der Waals surface area contributed by atoms with Gasteiger partial charge in [0.25, 0.3) is 5.91 Å². The Morgan fingerprint density at radius 3 is 2.57 bits per heavy atom. The van der Waals surface area contributed by atoms with Gasteiger partial charge in [0.05, 0.1) is 6.20 Å². The lowest BCUT2D eigenvalue weighted by molar-refractivity contribution is -0.160. The molecular formula is C28H33N7O7S5. The first-order valence-corrected chi connectivity index (χ1v) is 19.3. The van der Waals surface area contributed by atoms with Gasteiger partial charge in [0.2, 0.25) is 5.91 Å². The van der Waals surface area contributed by atoms with Gasteiger partial charge in [-0.2, -0.15) is 0 Å². The molecule has 0 saturated carbocycles. The van der Waals surface area contributed by atoms with Crippen LogP contribution in [0.5, 0.6) is 0 Å². The molecule has 14 nitrogen and oxygen atoms in total. The van der Waals surface area contributed by atoms with Crippen LogP contribution in [0.25, 0.3) is 0 Å². The number of amides is 6. The van der Waals surface area contributed by atoms with E-state index < -0.39 is 57.5 Å². The Hall–Kier alpha value is -3.13. The molecule has 252 valence electrons. The van der Waals surface area contributed by atoms with Crippen LogP contribution in [0.4, 0.5) is 4.79 Å². The number of likely N-dealkylation sites (N-methyl/N-ethyl adjacent to an activating group) is 1. The van der Waals surface area contributed by atoms with Gasteiger partial charge in [-0.1, -0.05) is 10.6 Å². The summed E-state index contributed by atoms with van der Waals surface area (Å²) in [6, 6.07) is 1.19. The molecule has 0 aromatic carbocycles. The molecular weight excluding hydrogens is 707 g/mol. The lowest BCUT2D eigenvalue weighted by atomic mass is 10.0. The van der Waals surface area contributed by atoms with Crippen molar-refractivity contribution in [2.24, 2.45) is 0 Å². The van der Waals surface area contributed by atoms with Crippen LogP contribution >= 0.6 is 58.2 Å². The number of ether oxygens (including phenoxy) is 1. The van der Waals surface area contributed by atoms with Gasteiger partial charge in [-0.15, -0.1) is 51.7 Å². The number of carbonyl (C=O) groups excluding carboxylic acids is 6. The highest BCUT2D eigenvalue weighted by atomic mass is 32.2. The van der Waals surface area contributed by atoms with Crippen LogP contribution in [-0.2, 0) is 28.7 Å². The molecule has 0 spiro atoms. The molecule has 3 aliphatic rings. The van der Waals surface area contributed by atoms with E-state index in [1.165, 1.54) is 56.2 Å². The molecule has 3 atom stereocenters. The van der Waals surface area contributed by atoms with E-state index in [1.807, 2.05) is 0 Å². The van der Waals surface area contributed by atoms with Crippen molar-refractivity contribution >= 4 is 93.8 Å². The number of urea groups is 1. The van der Waals surface area contributed by atoms with Gasteiger partial charge in [-0.25, -0.2) is 9.59 Å². The van der Waals surface area contributed by atoms with Crippen LogP contribution < -0.4 is 10.6 Å². The summed E-state index contributed by atoms with van der Waals surface area (Å²) in [5, 5.41) is 10.4. The quantitative estimate of drug-likeness (QED) is 0.120. The van der Waals surface area contributed by atoms with E-state index in [1.54, 1.807) is 57.7 Å². The predicted molar refractivity (Wildman–Crippen MR) is 181 cm³/mol. The summed E-state index contributed by atoms with van der Waals surface area (Å²) in [5.74, 6) is -2.81. The zero-order chi connectivity index (χ0) is 34.1. The number of thioether (sulfide) groups is 3. The van der Waals surface area contributed by atoms with Crippen molar-refractivity contribution in [2.45, 2.75) is 53.8 Å². The average molecular weight is 740 g/mol. The molecule has 2 saturated heterocycles. The SMILES string of the molecule is CCN1CCN(C(=O)NC(C(=O)N[C@]2(SC)C(=O)N3C(C(=O)OC(C)(C)C)=C(CSc4cnns4)CS[C@@H]32)c2cccs2)C(=O)C1=O. The molecule has 5 heterocycles. The Balaban J connectivity index is 1.38. The van der Waals surface area contributed by atoms with E-state index in [-0.39, 0.29) is 18.8 Å². The maximum atomic E-state index is 14.1. The first-order valence-electron chi connectivity index (χ1n) is 14.4. The van der Waals surface area contributed by atoms with Crippen molar-refractivity contribution in [3.63, 3.8) is 0 Å². The maximum absolute atomic E-state index is 14.1. The van der Waals surface area contributed by atoms with Gasteiger partial charge >= 0.3 is 23.8 Å². The molecule has 2 aromatic rings. The van der Waals surface area contributed by atoms with E-state index in [0.717, 1.165) is 20.9 Å². The minimum Gasteiger partial charge on any atom is -0.455 e. The van der Waals surface area contributed by atoms with Crippen molar-refractivity contribution in [1.29, 1.82) is 0 Å². The molecule has 2 aromatic heterocycles. The molecule has 0 radical (unpaired) electrons. The minimum atomic E-state index is -1.46. The van der Waals surface area contributed by atoms with E-state index in [4.69, 9.17) is 4.74 Å². The van der Waals surface area contributed by atoms with E-state index >= 15 is 0 Å². The minimum absolute atomic E-state index is 0.0240. The Morgan fingerprint density at radius 2 is 1.96 bits per heavy atom. The molecule has 6 amide bonds. The van der Waals surface area contributed by atoms with E-state index in [2.05, 4.69) is 20.2 Å². The molecule has 5 rings (SSSR count). The molecule has 2 fully saturated rings. The third-order valence-electron chi connectivity index (χ3n) is 7.36. The van der Waals surface area contributed by atoms with E-state index in [0.29, 0.717) is 28.5 Å². The van der Waals surface area contributed by atoms with Crippen LogP contribution in [0.15, 0.2) is 39.2 Å². The molecule has 2 N–H and O–H groups in total. The first-order chi connectivity index (χ1) is 22.3. The van der Waals surface area contributed by atoms with Crippen molar-refractivity contribution in [2.75, 3.05) is 37.4 Å². The smallest absolute Gasteiger partial charge is 0.355 e. The number of β-lactam (4-membered cyclic amide) rings is 1. The van der Waals surface area contributed by atoms with Crippen LogP contribution in [-0.4, -0.2) is 113 Å². The second kappa shape index (κ2) is 14.2. The van der Waals surface area contributed by atoms with Crippen LogP contribution in [0.1, 0.15) is 38.6 Å². The summed E-state index contributed by atoms with van der Waals surface area (Å²) in [6.07, 6.45) is 3.32. The van der Waals surface area contributed by atoms with Crippen molar-refractivity contribution in [1.82, 2.24) is 34.9 Å². The molecule has 1 unspecified atom stereocenters. The number of nitrogens with one attached hydrogen (secondary N) is 2. The number of piperazine rings is 1. The van der Waals surface area contributed by atoms with Crippen molar-refractivity contribution in [3.8, 4) is 0 Å². The summed E-state index contributed by atoms with van der Waals surface area (Å²) in [4.78, 5) is 82.5. The number of esters is 1. The molecule has 0 aliphatic carbocycles. The Labute approximate surface area is 291 Å². The Kier molecular flexibility index (Phi) is 10.6. The largest absolute Gasteiger partial charge is 0.455 e. The average Bonchev–Trinajstić information content (AvgIpc) is 3.76. The molecule has 19 heteroatoms. The molecule has 3 aliphatic heterocycles. The highest BCUT2D eigenvalue weighted by Crippen LogP contribution is 2.51. The number of hydrogen-bond donors (Lipinski definition) is 2. The van der Waals surface area contributed by atoms with Crippen molar-refractivity contribution < 1.29 is 33.5 Å². The number of nitrogens with zero attached hydrogens (tertiary/aromatic N) is 5. The second-order valence-electron chi connectivity index (χ2n) is 11.5. The zero-order valence-electron chi connectivity index (χ0n) is 26.1. The van der Waals surface area contributed by atoms with Crippen LogP contribution in [0, 0.1) is 0 Å². The summed E-state index contributed by atoms with van der Waals surface area (Å²) < 4.78 is 10.4. The highest BCUT2D eigenvalue weighted by molar-refractivity contribution is 8.05. The number of imide groups is 1. The van der Waals surface area contributed by atoms with Gasteiger partial charge in [-0.05, 0) is 62.5 Å². The van der Waals surface area contributed by atoms with E-state index in [9.17, 15) is 28.8 Å². The fourth-order valence-electron chi connectivity index (χ4n) is 5.10. The number of rotatable bonds is 10. The fraction of sp³-hybridized carbons (Fsp3) is 0.500. The maximum Gasteiger partial charge on any atom is 0.355 e. The fourth-order valence-corrected chi connectivity index (χ4v) is 10.1. The summed E-state index contributed by atoms with van der Waals surface area (Å²) in [7, 11) is 0. The topological polar surface area (TPSA) is 171 Å². The first kappa shape index (κ1) is 35.2. The second-order valence-corrected chi connectivity index (χ2v) is 16.6. The highest BCUT2D eigenvalue weighted by Gasteiger charge is 2.66. The third-order valence-corrected chi connectivity index (χ3v) is 12.9. The van der Waals surface area contributed by atoms with Gasteiger partial charge in [-0.3, -0.25) is 29.0 Å². The van der Waals surface area contributed by atoms with Gasteiger partial charge < -0.3 is 20.3 Å². The van der Waals surface area contributed by atoms with Crippen molar-refractivity contribution in [3.05, 3.63) is 39.9 Å². The van der Waals surface area contributed by atoms with Crippen LogP contribution in [0.3, 0.4) is 0 Å². The monoisotopic (exact) mass is 739 g/mol. The third kappa shape index (κ3) is 7.04. The summed E-state index contributed by atoms with van der Waals surface area (Å²) >= 11 is 6.42. The Morgan fingerprint density at radius 1 is 1.19 bits per heavy atom. The number of carbonyl (C=O) groups is 6. The molecule has 0 bridgehead atoms. The number of thiophene rings is 1. The normalized spacial score (nSPS) is 22.1. The lowest BCUT2D eigenvalue weighted by Crippen LogP contribution is -2.78. The van der Waals surface area contributed by atoms with Crippen LogP contribution in [0.2, 0.25) is 0 Å². The number of fused-ring (bicyclic) bond motifs is 1. The number of hydrogen-bond acceptors (Lipinski definition) is 14. The lowest BCUT2D eigenvalue weighted by Gasteiger charge is -2.56. The zero-order valence-corrected chi connectivity index (χ0v) is 30.2. The molecule has 47 heavy (non-hydrogen) atoms. The van der Waals surface area contributed by atoms with Gasteiger partial charge in [0, 0.05) is 36.0 Å². The standard InChI is InChI=1S/C28H33N7O7S5/c1-6-33-9-10-34(22(38)21(33)37)26(41)30-18(16-8-7-11-44-16)20(36)31-28(43-5)24(40)35-19(23(39)42-27(2,3)4)15(14-46-25(28)35)13-45-17-12-29-32-47-17/h7-8,11-12,18,25H,6,9-10,13-14H2,1-5H3,(H,30,41)(H,31,36)/t18?,25-,28+/m1/s1. The summed E-state index contributed by atoms with van der Waals surface area (Å²) in [6.45, 7) is 7.45. The predicted octanol–water partition coefficient (Wildman–Crippen LogP) is 2.52. The number of aromatic nitrogens is 2.